The van der Waals surface area contributed by atoms with Gasteiger partial charge in [-0.3, -0.25) is 5.43 Å². The lowest BCUT2D eigenvalue weighted by atomic mass is 10.2. The predicted molar refractivity (Wildman–Crippen MR) is 100 cm³/mol. The number of pyridine rings is 1. The smallest absolute Gasteiger partial charge is 0.191 e. The maximum atomic E-state index is 12.8. The van der Waals surface area contributed by atoms with Gasteiger partial charge in [-0.15, -0.1) is 0 Å². The van der Waals surface area contributed by atoms with Gasteiger partial charge in [-0.2, -0.15) is 5.10 Å². The van der Waals surface area contributed by atoms with Crippen LogP contribution < -0.4 is 10.7 Å². The number of hydrogen-bond acceptors (Lipinski definition) is 3. The van der Waals surface area contributed by atoms with E-state index in [2.05, 4.69) is 20.8 Å². The first-order valence-corrected chi connectivity index (χ1v) is 7.81. The number of hydrazone groups is 1. The molecule has 1 heterocycles. The van der Waals surface area contributed by atoms with Gasteiger partial charge in [0.2, 0.25) is 0 Å². The van der Waals surface area contributed by atoms with Crippen molar-refractivity contribution in [2.75, 3.05) is 5.32 Å². The van der Waals surface area contributed by atoms with Gasteiger partial charge < -0.3 is 5.32 Å². The molecule has 3 rings (SSSR count). The van der Waals surface area contributed by atoms with Crippen molar-refractivity contribution in [3.8, 4) is 0 Å². The number of rotatable bonds is 3. The summed E-state index contributed by atoms with van der Waals surface area (Å²) in [4.78, 5) is 4.31. The maximum Gasteiger partial charge on any atom is 0.191 e. The number of hydrogen-bond donors (Lipinski definition) is 2. The molecule has 0 amide bonds. The minimum Gasteiger partial charge on any atom is -0.331 e. The molecule has 0 aliphatic rings. The molecule has 2 aromatic carbocycles. The van der Waals surface area contributed by atoms with Gasteiger partial charge in [0.05, 0.1) is 11.7 Å². The highest BCUT2D eigenvalue weighted by atomic mass is 35.5. The molecule has 1 aromatic heterocycles. The van der Waals surface area contributed by atoms with E-state index in [4.69, 9.17) is 23.8 Å². The van der Waals surface area contributed by atoms with Gasteiger partial charge in [-0.05, 0) is 48.6 Å². The first-order chi connectivity index (χ1) is 11.6. The van der Waals surface area contributed by atoms with Crippen molar-refractivity contribution in [3.63, 3.8) is 0 Å². The fraction of sp³-hybridized carbons (Fsp3) is 0. The van der Waals surface area contributed by atoms with E-state index in [0.29, 0.717) is 16.4 Å². The molecule has 0 aliphatic heterocycles. The van der Waals surface area contributed by atoms with Crippen LogP contribution in [0.15, 0.2) is 59.7 Å². The van der Waals surface area contributed by atoms with Gasteiger partial charge in [0.15, 0.2) is 5.11 Å². The summed E-state index contributed by atoms with van der Waals surface area (Å²) in [5, 5.41) is 8.54. The Kier molecular flexibility index (Phi) is 4.98. The van der Waals surface area contributed by atoms with Crippen molar-refractivity contribution in [1.82, 2.24) is 10.4 Å². The number of nitrogens with zero attached hydrogens (tertiary/aromatic N) is 2. The molecule has 0 bridgehead atoms. The van der Waals surface area contributed by atoms with E-state index >= 15 is 0 Å². The number of para-hydroxylation sites is 1. The van der Waals surface area contributed by atoms with Crippen LogP contribution >= 0.6 is 23.8 Å². The number of halogens is 2. The third-order valence-corrected chi connectivity index (χ3v) is 3.67. The van der Waals surface area contributed by atoms with Gasteiger partial charge in [-0.1, -0.05) is 29.8 Å². The third kappa shape index (κ3) is 4.04. The minimum atomic E-state index is -0.309. The second-order valence-electron chi connectivity index (χ2n) is 4.89. The van der Waals surface area contributed by atoms with Crippen LogP contribution in [0.2, 0.25) is 5.15 Å². The van der Waals surface area contributed by atoms with Crippen molar-refractivity contribution >= 4 is 51.7 Å². The largest absolute Gasteiger partial charge is 0.331 e. The van der Waals surface area contributed by atoms with Gasteiger partial charge in [-0.25, -0.2) is 9.37 Å². The Morgan fingerprint density at radius 3 is 2.71 bits per heavy atom. The Bertz CT molecular complexity index is 912. The molecule has 3 aromatic rings. The van der Waals surface area contributed by atoms with Crippen LogP contribution in [-0.2, 0) is 0 Å². The Morgan fingerprint density at radius 2 is 1.92 bits per heavy atom. The molecule has 0 fully saturated rings. The van der Waals surface area contributed by atoms with Crippen LogP contribution in [0.4, 0.5) is 10.1 Å². The molecule has 2 N–H and O–H groups in total. The van der Waals surface area contributed by atoms with Crippen LogP contribution in [0.5, 0.6) is 0 Å². The van der Waals surface area contributed by atoms with Crippen molar-refractivity contribution in [2.45, 2.75) is 0 Å². The second kappa shape index (κ2) is 7.33. The van der Waals surface area contributed by atoms with E-state index in [9.17, 15) is 4.39 Å². The van der Waals surface area contributed by atoms with Crippen molar-refractivity contribution in [3.05, 3.63) is 71.1 Å². The summed E-state index contributed by atoms with van der Waals surface area (Å²) in [6, 6.07) is 15.4. The fourth-order valence-corrected chi connectivity index (χ4v) is 2.42. The molecule has 0 radical (unpaired) electrons. The van der Waals surface area contributed by atoms with Gasteiger partial charge in [0, 0.05) is 16.6 Å². The number of fused-ring (bicyclic) bond motifs is 1. The second-order valence-corrected chi connectivity index (χ2v) is 5.66. The Balaban J connectivity index is 1.66. The average Bonchev–Trinajstić information content (AvgIpc) is 2.57. The number of anilines is 1. The van der Waals surface area contributed by atoms with E-state index in [1.54, 1.807) is 18.3 Å². The van der Waals surface area contributed by atoms with E-state index in [0.717, 1.165) is 10.9 Å². The molecule has 0 saturated heterocycles. The van der Waals surface area contributed by atoms with E-state index < -0.39 is 0 Å². The first kappa shape index (κ1) is 16.3. The highest BCUT2D eigenvalue weighted by molar-refractivity contribution is 7.80. The van der Waals surface area contributed by atoms with E-state index in [1.807, 2.05) is 30.3 Å². The van der Waals surface area contributed by atoms with Crippen molar-refractivity contribution in [2.24, 2.45) is 5.10 Å². The number of nitrogens with one attached hydrogen (secondary N) is 2. The van der Waals surface area contributed by atoms with Gasteiger partial charge >= 0.3 is 0 Å². The molecule has 0 saturated carbocycles. The molecule has 0 unspecified atom stereocenters. The van der Waals surface area contributed by atoms with Crippen LogP contribution in [-0.4, -0.2) is 16.3 Å². The number of benzene rings is 2. The monoisotopic (exact) mass is 358 g/mol. The molecular weight excluding hydrogens is 347 g/mol. The maximum absolute atomic E-state index is 12.8. The molecule has 7 heteroatoms. The summed E-state index contributed by atoms with van der Waals surface area (Å²) in [5.41, 5.74) is 4.83. The molecule has 0 spiro atoms. The quantitative estimate of drug-likeness (QED) is 0.316. The SMILES string of the molecule is Fc1ccc(NC(=S)N/N=C/c2cc3ccccc3nc2Cl)cc1. The van der Waals surface area contributed by atoms with Crippen molar-refractivity contribution in [1.29, 1.82) is 0 Å². The Morgan fingerprint density at radius 1 is 1.17 bits per heavy atom. The molecule has 4 nitrogen and oxygen atoms in total. The van der Waals surface area contributed by atoms with Crippen LogP contribution in [0, 0.1) is 5.82 Å². The van der Waals surface area contributed by atoms with E-state index in [-0.39, 0.29) is 10.9 Å². The lowest BCUT2D eigenvalue weighted by Crippen LogP contribution is -2.23. The lowest BCUT2D eigenvalue weighted by Gasteiger charge is -2.06. The first-order valence-electron chi connectivity index (χ1n) is 7.03. The number of aromatic nitrogens is 1. The summed E-state index contributed by atoms with van der Waals surface area (Å²) < 4.78 is 12.8. The Hall–Kier alpha value is -2.57. The highest BCUT2D eigenvalue weighted by Crippen LogP contribution is 2.18. The Labute approximate surface area is 148 Å². The third-order valence-electron chi connectivity index (χ3n) is 3.18. The lowest BCUT2D eigenvalue weighted by molar-refractivity contribution is 0.628. The summed E-state index contributed by atoms with van der Waals surface area (Å²) >= 11 is 11.3. The molecular formula is C17H12ClFN4S. The van der Waals surface area contributed by atoms with Crippen LogP contribution in [0.1, 0.15) is 5.56 Å². The number of thiocarbonyl (C=S) groups is 1. The minimum absolute atomic E-state index is 0.280. The van der Waals surface area contributed by atoms with Gasteiger partial charge in [0.25, 0.3) is 0 Å². The molecule has 120 valence electrons. The van der Waals surface area contributed by atoms with Crippen LogP contribution in [0.25, 0.3) is 10.9 Å². The van der Waals surface area contributed by atoms with Gasteiger partial charge in [0.1, 0.15) is 11.0 Å². The molecule has 0 aliphatic carbocycles. The van der Waals surface area contributed by atoms with E-state index in [1.165, 1.54) is 12.1 Å². The summed E-state index contributed by atoms with van der Waals surface area (Å²) in [6.45, 7) is 0. The summed E-state index contributed by atoms with van der Waals surface area (Å²) in [7, 11) is 0. The normalized spacial score (nSPS) is 10.9. The zero-order chi connectivity index (χ0) is 16.9. The summed E-state index contributed by atoms with van der Waals surface area (Å²) in [5.74, 6) is -0.309. The molecule has 24 heavy (non-hydrogen) atoms. The zero-order valence-electron chi connectivity index (χ0n) is 12.3. The molecule has 0 atom stereocenters. The average molecular weight is 359 g/mol. The zero-order valence-corrected chi connectivity index (χ0v) is 13.9. The predicted octanol–water partition coefficient (Wildman–Crippen LogP) is 4.35. The van der Waals surface area contributed by atoms with Crippen LogP contribution in [0.3, 0.4) is 0 Å². The van der Waals surface area contributed by atoms with Crippen molar-refractivity contribution < 1.29 is 4.39 Å². The fourth-order valence-electron chi connectivity index (χ4n) is 2.05. The standard InChI is InChI=1S/C17H12ClFN4S/c18-16-12(9-11-3-1-2-4-15(11)22-16)10-20-23-17(24)21-14-7-5-13(19)6-8-14/h1-10H,(H2,21,23,24)/b20-10+. The topological polar surface area (TPSA) is 49.3 Å². The highest BCUT2D eigenvalue weighted by Gasteiger charge is 2.03. The summed E-state index contributed by atoms with van der Waals surface area (Å²) in [6.07, 6.45) is 1.54.